The average molecular weight is 574 g/mol. The summed E-state index contributed by atoms with van der Waals surface area (Å²) in [6.07, 6.45) is 0.886. The van der Waals surface area contributed by atoms with Crippen molar-refractivity contribution >= 4 is 31.7 Å². The Bertz CT molecular complexity index is 1230. The van der Waals surface area contributed by atoms with E-state index in [0.717, 1.165) is 12.8 Å². The number of methoxy groups -OCH3 is 2. The number of hydrogen-bond acceptors (Lipinski definition) is 8. The molecule has 0 spiro atoms. The number of benzene rings is 2. The molecule has 11 nitrogen and oxygen atoms in total. The molecule has 0 aromatic heterocycles. The molecule has 0 saturated carbocycles. The van der Waals surface area contributed by atoms with Gasteiger partial charge in [-0.25, -0.2) is 4.79 Å². The first kappa shape index (κ1) is 30.9. The summed E-state index contributed by atoms with van der Waals surface area (Å²) in [6, 6.07) is 8.68. The zero-order valence-corrected chi connectivity index (χ0v) is 25.2. The van der Waals surface area contributed by atoms with Gasteiger partial charge in [-0.15, -0.1) is 0 Å². The minimum absolute atomic E-state index is 0.0513. The number of ether oxygens (including phenoxy) is 3. The van der Waals surface area contributed by atoms with Gasteiger partial charge in [-0.05, 0) is 54.7 Å². The zero-order chi connectivity index (χ0) is 29.7. The van der Waals surface area contributed by atoms with Gasteiger partial charge in [0.25, 0.3) is 11.6 Å². The summed E-state index contributed by atoms with van der Waals surface area (Å²) < 4.78 is 22.6. The molecule has 1 aliphatic rings. The Morgan fingerprint density at radius 3 is 2.30 bits per heavy atom. The average Bonchev–Trinajstić information content (AvgIpc) is 3.38. The van der Waals surface area contributed by atoms with Crippen molar-refractivity contribution in [1.29, 1.82) is 0 Å². The van der Waals surface area contributed by atoms with Crippen molar-refractivity contribution in [3.8, 4) is 11.5 Å². The number of hydrogen-bond donors (Lipinski definition) is 1. The Kier molecular flexibility index (Phi) is 9.80. The van der Waals surface area contributed by atoms with Gasteiger partial charge in [0, 0.05) is 24.7 Å². The van der Waals surface area contributed by atoms with Crippen LogP contribution in [0.25, 0.3) is 0 Å². The van der Waals surface area contributed by atoms with Crippen LogP contribution in [0.4, 0.5) is 16.2 Å². The highest BCUT2D eigenvalue weighted by atomic mass is 28.4. The summed E-state index contributed by atoms with van der Waals surface area (Å²) in [7, 11) is 0.935. The number of nitrogens with one attached hydrogen (secondary N) is 1. The summed E-state index contributed by atoms with van der Waals surface area (Å²) >= 11 is 0. The van der Waals surface area contributed by atoms with Crippen molar-refractivity contribution in [3.63, 3.8) is 0 Å². The fourth-order valence-electron chi connectivity index (χ4n) is 4.12. The SMILES string of the molecule is COc1cc(NC(=O)OCc2ccc([N+](=O)[O-])cc2)c(C(=O)N2CCC[C@H]2CO[Si](C)(C)C(C)(C)C)cc1OC. The van der Waals surface area contributed by atoms with Crippen LogP contribution >= 0.6 is 0 Å². The Morgan fingerprint density at radius 2 is 1.73 bits per heavy atom. The molecule has 2 amide bonds. The molecule has 12 heteroatoms. The number of anilines is 1. The number of non-ortho nitro benzene ring substituents is 1. The summed E-state index contributed by atoms with van der Waals surface area (Å²) in [4.78, 5) is 38.7. The van der Waals surface area contributed by atoms with Crippen molar-refractivity contribution in [2.75, 3.05) is 32.7 Å². The minimum atomic E-state index is -2.00. The first-order valence-corrected chi connectivity index (χ1v) is 16.1. The lowest BCUT2D eigenvalue weighted by molar-refractivity contribution is -0.384. The van der Waals surface area contributed by atoms with Crippen LogP contribution in [0.3, 0.4) is 0 Å². The molecule has 0 bridgehead atoms. The maximum absolute atomic E-state index is 13.9. The number of likely N-dealkylation sites (tertiary alicyclic amines) is 1. The second-order valence-corrected chi connectivity index (χ2v) is 16.1. The highest BCUT2D eigenvalue weighted by Gasteiger charge is 2.39. The molecular weight excluding hydrogens is 534 g/mol. The monoisotopic (exact) mass is 573 g/mol. The van der Waals surface area contributed by atoms with Gasteiger partial charge in [0.2, 0.25) is 0 Å². The third kappa shape index (κ3) is 7.30. The lowest BCUT2D eigenvalue weighted by Gasteiger charge is -2.38. The van der Waals surface area contributed by atoms with Crippen molar-refractivity contribution in [2.24, 2.45) is 0 Å². The summed E-state index contributed by atoms with van der Waals surface area (Å²) in [5.74, 6) is 0.431. The number of nitro benzene ring substituents is 1. The molecule has 0 aliphatic carbocycles. The number of carbonyl (C=O) groups excluding carboxylic acids is 2. The fourth-order valence-corrected chi connectivity index (χ4v) is 5.16. The van der Waals surface area contributed by atoms with Gasteiger partial charge in [0.15, 0.2) is 19.8 Å². The third-order valence-electron chi connectivity index (χ3n) is 7.59. The fraction of sp³-hybridized carbons (Fsp3) is 0.500. The predicted octanol–water partition coefficient (Wildman–Crippen LogP) is 5.99. The lowest BCUT2D eigenvalue weighted by atomic mass is 10.1. The summed E-state index contributed by atoms with van der Waals surface area (Å²) in [5.41, 5.74) is 0.971. The maximum atomic E-state index is 13.9. The van der Waals surface area contributed by atoms with Gasteiger partial charge in [-0.2, -0.15) is 0 Å². The van der Waals surface area contributed by atoms with E-state index >= 15 is 0 Å². The van der Waals surface area contributed by atoms with Gasteiger partial charge in [-0.1, -0.05) is 20.8 Å². The van der Waals surface area contributed by atoms with E-state index in [9.17, 15) is 19.7 Å². The number of carbonyl (C=O) groups is 2. The standard InChI is InChI=1S/C28H39N3O8Si/c1-28(2,3)40(6,7)39-18-21-9-8-14-30(21)26(32)22-15-24(36-4)25(37-5)16-23(22)29-27(33)38-17-19-10-12-20(13-11-19)31(34)35/h10-13,15-16,21H,8-9,14,17-18H2,1-7H3,(H,29,33)/t21-/m0/s1. The molecule has 1 N–H and O–H groups in total. The normalized spacial score (nSPS) is 15.5. The van der Waals surface area contributed by atoms with Crippen molar-refractivity contribution < 1.29 is 33.1 Å². The van der Waals surface area contributed by atoms with E-state index < -0.39 is 19.3 Å². The van der Waals surface area contributed by atoms with E-state index in [1.54, 1.807) is 11.0 Å². The van der Waals surface area contributed by atoms with Crippen LogP contribution < -0.4 is 14.8 Å². The van der Waals surface area contributed by atoms with Crippen LogP contribution in [0, 0.1) is 10.1 Å². The van der Waals surface area contributed by atoms with Gasteiger partial charge < -0.3 is 23.5 Å². The van der Waals surface area contributed by atoms with Crippen LogP contribution in [0.5, 0.6) is 11.5 Å². The Balaban J connectivity index is 1.79. The topological polar surface area (TPSA) is 129 Å². The van der Waals surface area contributed by atoms with E-state index in [-0.39, 0.29) is 40.5 Å². The largest absolute Gasteiger partial charge is 0.493 e. The number of nitrogens with zero attached hydrogens (tertiary/aromatic N) is 2. The molecule has 2 aromatic rings. The highest BCUT2D eigenvalue weighted by molar-refractivity contribution is 6.74. The van der Waals surface area contributed by atoms with Crippen LogP contribution in [0.15, 0.2) is 36.4 Å². The molecular formula is C28H39N3O8Si. The van der Waals surface area contributed by atoms with Crippen molar-refractivity contribution in [1.82, 2.24) is 4.90 Å². The maximum Gasteiger partial charge on any atom is 0.411 e. The molecule has 3 rings (SSSR count). The van der Waals surface area contributed by atoms with Crippen molar-refractivity contribution in [2.45, 2.75) is 64.4 Å². The number of nitro groups is 1. The van der Waals surface area contributed by atoms with Crippen LogP contribution in [-0.2, 0) is 15.8 Å². The van der Waals surface area contributed by atoms with E-state index in [4.69, 9.17) is 18.6 Å². The molecule has 1 fully saturated rings. The second-order valence-electron chi connectivity index (χ2n) is 11.2. The quantitative estimate of drug-likeness (QED) is 0.209. The first-order chi connectivity index (χ1) is 18.8. The third-order valence-corrected chi connectivity index (χ3v) is 12.1. The molecule has 1 atom stereocenters. The molecule has 0 radical (unpaired) electrons. The zero-order valence-electron chi connectivity index (χ0n) is 24.2. The Morgan fingerprint density at radius 1 is 1.10 bits per heavy atom. The van der Waals surface area contributed by atoms with Crippen LogP contribution in [0.1, 0.15) is 49.5 Å². The van der Waals surface area contributed by atoms with Gasteiger partial charge in [0.05, 0.1) is 43.0 Å². The first-order valence-electron chi connectivity index (χ1n) is 13.2. The molecule has 1 heterocycles. The van der Waals surface area contributed by atoms with Crippen molar-refractivity contribution in [3.05, 3.63) is 57.6 Å². The van der Waals surface area contributed by atoms with Gasteiger partial charge in [-0.3, -0.25) is 20.2 Å². The molecule has 2 aromatic carbocycles. The molecule has 1 aliphatic heterocycles. The van der Waals surface area contributed by atoms with Gasteiger partial charge in [0.1, 0.15) is 6.61 Å². The van der Waals surface area contributed by atoms with Gasteiger partial charge >= 0.3 is 6.09 Å². The molecule has 0 unspecified atom stereocenters. The minimum Gasteiger partial charge on any atom is -0.493 e. The second kappa shape index (κ2) is 12.7. The van der Waals surface area contributed by atoms with E-state index in [0.29, 0.717) is 30.2 Å². The Labute approximate surface area is 236 Å². The number of rotatable bonds is 10. The predicted molar refractivity (Wildman–Crippen MR) is 154 cm³/mol. The molecule has 1 saturated heterocycles. The number of amides is 2. The summed E-state index contributed by atoms with van der Waals surface area (Å²) in [5, 5.41) is 13.6. The van der Waals surface area contributed by atoms with E-state index in [1.165, 1.54) is 44.6 Å². The van der Waals surface area contributed by atoms with Crippen LogP contribution in [-0.4, -0.2) is 63.6 Å². The molecule has 40 heavy (non-hydrogen) atoms. The smallest absolute Gasteiger partial charge is 0.411 e. The van der Waals surface area contributed by atoms with E-state index in [1.807, 2.05) is 0 Å². The summed E-state index contributed by atoms with van der Waals surface area (Å²) in [6.45, 7) is 11.8. The Hall–Kier alpha value is -3.64. The molecule has 218 valence electrons. The van der Waals surface area contributed by atoms with E-state index in [2.05, 4.69) is 39.2 Å². The lowest BCUT2D eigenvalue weighted by Crippen LogP contribution is -2.46. The van der Waals surface area contributed by atoms with Crippen LogP contribution in [0.2, 0.25) is 18.1 Å². The highest BCUT2D eigenvalue weighted by Crippen LogP contribution is 2.38.